The molecule has 1 heterocycles. The highest BCUT2D eigenvalue weighted by Gasteiger charge is 2.31. The second kappa shape index (κ2) is 7.38. The fourth-order valence-corrected chi connectivity index (χ4v) is 2.75. The number of phenols is 1. The molecule has 0 radical (unpaired) electrons. The summed E-state index contributed by atoms with van der Waals surface area (Å²) in [5.74, 6) is -0.747. The predicted octanol–water partition coefficient (Wildman–Crippen LogP) is 5.19. The number of benzene rings is 2. The number of hydrogen-bond donors (Lipinski definition) is 2. The number of phenolic OH excluding ortho intramolecular Hbond substituents is 1. The first-order valence-corrected chi connectivity index (χ1v) is 8.44. The van der Waals surface area contributed by atoms with Gasteiger partial charge in [0.1, 0.15) is 11.3 Å². The lowest BCUT2D eigenvalue weighted by Crippen LogP contribution is -2.10. The number of carbonyl (C=O) groups excluding carboxylic acids is 1. The van der Waals surface area contributed by atoms with Gasteiger partial charge in [-0.2, -0.15) is 13.2 Å². The molecule has 0 saturated heterocycles. The number of pyridine rings is 1. The first-order valence-electron chi connectivity index (χ1n) is 8.44. The third-order valence-electron chi connectivity index (χ3n) is 4.10. The normalized spacial score (nSPS) is 11.5. The van der Waals surface area contributed by atoms with Crippen molar-refractivity contribution in [1.82, 2.24) is 4.98 Å². The van der Waals surface area contributed by atoms with E-state index in [1.165, 1.54) is 12.1 Å². The molecule has 5 nitrogen and oxygen atoms in total. The van der Waals surface area contributed by atoms with Gasteiger partial charge in [-0.1, -0.05) is 12.1 Å². The topological polar surface area (TPSA) is 71.5 Å². The zero-order valence-electron chi connectivity index (χ0n) is 15.1. The lowest BCUT2D eigenvalue weighted by atomic mass is 10.1. The van der Waals surface area contributed by atoms with Gasteiger partial charge in [0.2, 0.25) is 0 Å². The Labute approximate surface area is 158 Å². The van der Waals surface area contributed by atoms with Crippen molar-refractivity contribution >= 4 is 28.2 Å². The van der Waals surface area contributed by atoms with Crippen LogP contribution in [0.3, 0.4) is 0 Å². The van der Waals surface area contributed by atoms with Crippen LogP contribution in [0.5, 0.6) is 5.75 Å². The van der Waals surface area contributed by atoms with Crippen LogP contribution in [0.4, 0.5) is 24.5 Å². The molecule has 3 aromatic rings. The van der Waals surface area contributed by atoms with E-state index >= 15 is 0 Å². The fraction of sp³-hybridized carbons (Fsp3) is 0.200. The van der Waals surface area contributed by atoms with Crippen LogP contribution in [0.1, 0.15) is 28.4 Å². The van der Waals surface area contributed by atoms with Crippen LogP contribution in [0.2, 0.25) is 0 Å². The number of nitrogens with one attached hydrogen (secondary N) is 1. The summed E-state index contributed by atoms with van der Waals surface area (Å²) in [7, 11) is 0. The maximum Gasteiger partial charge on any atom is 0.416 e. The van der Waals surface area contributed by atoms with E-state index in [0.717, 1.165) is 23.9 Å². The lowest BCUT2D eigenvalue weighted by Gasteiger charge is -2.16. The largest absolute Gasteiger partial charge is 0.506 e. The number of esters is 1. The molecule has 0 aliphatic rings. The molecule has 3 rings (SSSR count). The van der Waals surface area contributed by atoms with E-state index in [9.17, 15) is 23.1 Å². The Bertz CT molecular complexity index is 1050. The number of ether oxygens (including phenoxy) is 1. The van der Waals surface area contributed by atoms with Gasteiger partial charge in [0.25, 0.3) is 0 Å². The second-order valence-electron chi connectivity index (χ2n) is 6.14. The van der Waals surface area contributed by atoms with Crippen LogP contribution in [0, 0.1) is 6.92 Å². The summed E-state index contributed by atoms with van der Waals surface area (Å²) in [5.41, 5.74) is 0.611. The summed E-state index contributed by atoms with van der Waals surface area (Å²) in [6.07, 6.45) is -3.35. The number of alkyl halides is 3. The van der Waals surface area contributed by atoms with Crippen LogP contribution in [-0.4, -0.2) is 22.7 Å². The number of halogens is 3. The fourth-order valence-electron chi connectivity index (χ4n) is 2.75. The number of aromatic nitrogens is 1. The van der Waals surface area contributed by atoms with Crippen LogP contribution in [-0.2, 0) is 10.9 Å². The van der Waals surface area contributed by atoms with Crippen molar-refractivity contribution in [2.24, 2.45) is 0 Å². The SMILES string of the molecule is CCOC(=O)c1cnc2cc(C(F)(F)F)ccc2c1Nc1cc(C)ccc1O. The average molecular weight is 390 g/mol. The zero-order chi connectivity index (χ0) is 20.5. The van der Waals surface area contributed by atoms with Gasteiger partial charge in [-0.15, -0.1) is 0 Å². The summed E-state index contributed by atoms with van der Waals surface area (Å²) in [6.45, 7) is 3.58. The zero-order valence-corrected chi connectivity index (χ0v) is 15.1. The molecule has 0 aliphatic heterocycles. The highest BCUT2D eigenvalue weighted by atomic mass is 19.4. The minimum atomic E-state index is -4.52. The van der Waals surface area contributed by atoms with Crippen LogP contribution >= 0.6 is 0 Å². The highest BCUT2D eigenvalue weighted by molar-refractivity contribution is 6.06. The Balaban J connectivity index is 2.21. The minimum Gasteiger partial charge on any atom is -0.506 e. The standard InChI is InChI=1S/C20H17F3N2O3/c1-3-28-19(27)14-10-24-15-9-12(20(21,22)23)5-6-13(15)18(14)25-16-8-11(2)4-7-17(16)26/h4-10,26H,3H2,1-2H3,(H,24,25). The van der Waals surface area contributed by atoms with Crippen LogP contribution in [0.25, 0.3) is 10.9 Å². The van der Waals surface area contributed by atoms with Gasteiger partial charge in [0, 0.05) is 11.6 Å². The third kappa shape index (κ3) is 3.85. The summed E-state index contributed by atoms with van der Waals surface area (Å²) < 4.78 is 44.1. The molecule has 0 saturated carbocycles. The lowest BCUT2D eigenvalue weighted by molar-refractivity contribution is -0.137. The monoisotopic (exact) mass is 390 g/mol. The van der Waals surface area contributed by atoms with E-state index in [1.54, 1.807) is 19.1 Å². The Morgan fingerprint density at radius 1 is 1.21 bits per heavy atom. The van der Waals surface area contributed by atoms with Crippen molar-refractivity contribution in [2.45, 2.75) is 20.0 Å². The molecule has 0 spiro atoms. The molecule has 0 unspecified atom stereocenters. The number of aromatic hydroxyl groups is 1. The van der Waals surface area contributed by atoms with Crippen LogP contribution < -0.4 is 5.32 Å². The smallest absolute Gasteiger partial charge is 0.416 e. The molecule has 146 valence electrons. The first-order chi connectivity index (χ1) is 13.2. The summed E-state index contributed by atoms with van der Waals surface area (Å²) in [6, 6.07) is 7.90. The van der Waals surface area contributed by atoms with E-state index in [-0.39, 0.29) is 29.1 Å². The van der Waals surface area contributed by atoms with E-state index < -0.39 is 17.7 Å². The van der Waals surface area contributed by atoms with Gasteiger partial charge in [0.05, 0.1) is 29.1 Å². The van der Waals surface area contributed by atoms with E-state index in [4.69, 9.17) is 4.74 Å². The first kappa shape index (κ1) is 19.5. The molecule has 0 bridgehead atoms. The van der Waals surface area contributed by atoms with Crippen molar-refractivity contribution in [3.63, 3.8) is 0 Å². The van der Waals surface area contributed by atoms with Crippen molar-refractivity contribution < 1.29 is 27.8 Å². The van der Waals surface area contributed by atoms with Crippen molar-refractivity contribution in [3.05, 3.63) is 59.3 Å². The molecule has 8 heteroatoms. The molecular weight excluding hydrogens is 373 g/mol. The third-order valence-corrected chi connectivity index (χ3v) is 4.10. The second-order valence-corrected chi connectivity index (χ2v) is 6.14. The van der Waals surface area contributed by atoms with Gasteiger partial charge < -0.3 is 15.2 Å². The molecule has 0 fully saturated rings. The van der Waals surface area contributed by atoms with E-state index in [2.05, 4.69) is 10.3 Å². The van der Waals surface area contributed by atoms with Gasteiger partial charge in [-0.25, -0.2) is 4.79 Å². The number of rotatable bonds is 4. The molecule has 2 N–H and O–H groups in total. The molecule has 0 atom stereocenters. The van der Waals surface area contributed by atoms with Gasteiger partial charge >= 0.3 is 12.1 Å². The molecule has 28 heavy (non-hydrogen) atoms. The maximum absolute atomic E-state index is 13.0. The number of anilines is 2. The molecule has 2 aromatic carbocycles. The highest BCUT2D eigenvalue weighted by Crippen LogP contribution is 2.36. The maximum atomic E-state index is 13.0. The number of hydrogen-bond acceptors (Lipinski definition) is 5. The minimum absolute atomic E-state index is 0.0509. The van der Waals surface area contributed by atoms with E-state index in [1.807, 2.05) is 6.92 Å². The number of fused-ring (bicyclic) bond motifs is 1. The van der Waals surface area contributed by atoms with Gasteiger partial charge in [-0.05, 0) is 43.7 Å². The molecular formula is C20H17F3N2O3. The summed E-state index contributed by atoms with van der Waals surface area (Å²) in [5, 5.41) is 13.4. The van der Waals surface area contributed by atoms with E-state index in [0.29, 0.717) is 11.1 Å². The predicted molar refractivity (Wildman–Crippen MR) is 98.8 cm³/mol. The Kier molecular flexibility index (Phi) is 5.13. The molecule has 0 amide bonds. The van der Waals surface area contributed by atoms with Crippen molar-refractivity contribution in [1.29, 1.82) is 0 Å². The van der Waals surface area contributed by atoms with Gasteiger partial charge in [-0.3, -0.25) is 4.98 Å². The quantitative estimate of drug-likeness (QED) is 0.474. The summed E-state index contributed by atoms with van der Waals surface area (Å²) >= 11 is 0. The summed E-state index contributed by atoms with van der Waals surface area (Å²) in [4.78, 5) is 16.3. The van der Waals surface area contributed by atoms with Crippen molar-refractivity contribution in [2.75, 3.05) is 11.9 Å². The molecule has 0 aliphatic carbocycles. The average Bonchev–Trinajstić information content (AvgIpc) is 2.63. The Morgan fingerprint density at radius 3 is 2.64 bits per heavy atom. The number of nitrogens with zero attached hydrogens (tertiary/aromatic N) is 1. The number of aryl methyl sites for hydroxylation is 1. The van der Waals surface area contributed by atoms with Crippen molar-refractivity contribution in [3.8, 4) is 5.75 Å². The van der Waals surface area contributed by atoms with Gasteiger partial charge in [0.15, 0.2) is 0 Å². The Hall–Kier alpha value is -3.29. The molecule has 1 aromatic heterocycles. The Morgan fingerprint density at radius 2 is 1.96 bits per heavy atom. The van der Waals surface area contributed by atoms with Crippen LogP contribution in [0.15, 0.2) is 42.6 Å². The number of carbonyl (C=O) groups is 1.